The van der Waals surface area contributed by atoms with Crippen molar-refractivity contribution in [3.05, 3.63) is 28.7 Å². The van der Waals surface area contributed by atoms with E-state index in [2.05, 4.69) is 4.98 Å². The molecule has 0 amide bonds. The standard InChI is InChI=1S/C13H16N2O4/c1-8(5-12(16)17)7-15(2)9-3-4-10-11(6-9)19-13(18)14-10/h3-4,6,8H,5,7H2,1-2H3,(H,14,18)(H,16,17). The van der Waals surface area contributed by atoms with Crippen molar-refractivity contribution >= 4 is 22.8 Å². The molecular formula is C13H16N2O4. The number of carboxylic acids is 1. The molecule has 6 heteroatoms. The van der Waals surface area contributed by atoms with Gasteiger partial charge in [0.2, 0.25) is 0 Å². The number of rotatable bonds is 5. The zero-order chi connectivity index (χ0) is 14.0. The second-order valence-electron chi connectivity index (χ2n) is 4.78. The molecule has 19 heavy (non-hydrogen) atoms. The highest BCUT2D eigenvalue weighted by atomic mass is 16.4. The number of nitrogens with zero attached hydrogens (tertiary/aromatic N) is 1. The molecule has 2 N–H and O–H groups in total. The Morgan fingerprint density at radius 3 is 2.95 bits per heavy atom. The number of H-pyrrole nitrogens is 1. The number of nitrogens with one attached hydrogen (secondary N) is 1. The monoisotopic (exact) mass is 264 g/mol. The third-order valence-corrected chi connectivity index (χ3v) is 2.95. The average Bonchev–Trinajstić information content (AvgIpc) is 2.66. The number of aromatic amines is 1. The number of hydrogen-bond donors (Lipinski definition) is 2. The van der Waals surface area contributed by atoms with Crippen LogP contribution in [0.15, 0.2) is 27.4 Å². The van der Waals surface area contributed by atoms with E-state index in [0.717, 1.165) is 5.69 Å². The van der Waals surface area contributed by atoms with E-state index in [1.165, 1.54) is 0 Å². The van der Waals surface area contributed by atoms with E-state index < -0.39 is 11.7 Å². The van der Waals surface area contributed by atoms with Gasteiger partial charge in [-0.15, -0.1) is 0 Å². The van der Waals surface area contributed by atoms with Crippen molar-refractivity contribution in [2.24, 2.45) is 5.92 Å². The fourth-order valence-corrected chi connectivity index (χ4v) is 2.11. The van der Waals surface area contributed by atoms with E-state index in [1.807, 2.05) is 24.9 Å². The van der Waals surface area contributed by atoms with Crippen LogP contribution in [0.5, 0.6) is 0 Å². The van der Waals surface area contributed by atoms with Gasteiger partial charge < -0.3 is 14.4 Å². The van der Waals surface area contributed by atoms with Crippen LogP contribution in [0, 0.1) is 5.92 Å². The Labute approximate surface area is 109 Å². The zero-order valence-electron chi connectivity index (χ0n) is 10.8. The summed E-state index contributed by atoms with van der Waals surface area (Å²) in [4.78, 5) is 26.2. The number of carbonyl (C=O) groups is 1. The number of oxazole rings is 1. The van der Waals surface area contributed by atoms with Gasteiger partial charge in [-0.25, -0.2) is 4.79 Å². The van der Waals surface area contributed by atoms with Gasteiger partial charge in [0.15, 0.2) is 5.58 Å². The number of benzene rings is 1. The third-order valence-electron chi connectivity index (χ3n) is 2.95. The quantitative estimate of drug-likeness (QED) is 0.857. The molecule has 1 atom stereocenters. The maximum absolute atomic E-state index is 11.1. The number of aliphatic carboxylic acids is 1. The lowest BCUT2D eigenvalue weighted by Crippen LogP contribution is -2.25. The van der Waals surface area contributed by atoms with E-state index in [1.54, 1.807) is 12.1 Å². The third kappa shape index (κ3) is 3.15. The van der Waals surface area contributed by atoms with Crippen molar-refractivity contribution < 1.29 is 14.3 Å². The van der Waals surface area contributed by atoms with Gasteiger partial charge in [0, 0.05) is 31.8 Å². The predicted octanol–water partition coefficient (Wildman–Crippen LogP) is 1.67. The molecule has 0 saturated heterocycles. The van der Waals surface area contributed by atoms with E-state index in [-0.39, 0.29) is 12.3 Å². The molecule has 1 unspecified atom stereocenters. The fourth-order valence-electron chi connectivity index (χ4n) is 2.11. The molecule has 1 aromatic carbocycles. The minimum atomic E-state index is -0.798. The van der Waals surface area contributed by atoms with Gasteiger partial charge in [0.25, 0.3) is 0 Å². The lowest BCUT2D eigenvalue weighted by Gasteiger charge is -2.22. The number of aromatic nitrogens is 1. The van der Waals surface area contributed by atoms with Crippen molar-refractivity contribution in [2.45, 2.75) is 13.3 Å². The second kappa shape index (κ2) is 5.17. The van der Waals surface area contributed by atoms with Gasteiger partial charge in [0.05, 0.1) is 5.52 Å². The van der Waals surface area contributed by atoms with Crippen molar-refractivity contribution in [2.75, 3.05) is 18.5 Å². The van der Waals surface area contributed by atoms with Crippen molar-refractivity contribution in [3.8, 4) is 0 Å². The molecule has 0 radical (unpaired) electrons. The number of anilines is 1. The molecule has 0 aliphatic heterocycles. The summed E-state index contributed by atoms with van der Waals surface area (Å²) in [7, 11) is 1.88. The minimum Gasteiger partial charge on any atom is -0.481 e. The molecule has 1 heterocycles. The largest absolute Gasteiger partial charge is 0.481 e. The first-order valence-electron chi connectivity index (χ1n) is 6.01. The second-order valence-corrected chi connectivity index (χ2v) is 4.78. The normalized spacial score (nSPS) is 12.5. The molecule has 0 spiro atoms. The predicted molar refractivity (Wildman–Crippen MR) is 71.5 cm³/mol. The Hall–Kier alpha value is -2.24. The Balaban J connectivity index is 2.14. The van der Waals surface area contributed by atoms with Gasteiger partial charge in [-0.05, 0) is 18.1 Å². The number of carboxylic acid groups (broad SMARTS) is 1. The molecule has 0 aliphatic rings. The summed E-state index contributed by atoms with van der Waals surface area (Å²) in [5, 5.41) is 8.74. The highest BCUT2D eigenvalue weighted by Crippen LogP contribution is 2.20. The molecule has 102 valence electrons. The van der Waals surface area contributed by atoms with Gasteiger partial charge in [-0.1, -0.05) is 6.92 Å². The summed E-state index contributed by atoms with van der Waals surface area (Å²) < 4.78 is 5.00. The van der Waals surface area contributed by atoms with Crippen LogP contribution < -0.4 is 10.7 Å². The van der Waals surface area contributed by atoms with Crippen LogP contribution in [-0.4, -0.2) is 29.7 Å². The highest BCUT2D eigenvalue weighted by Gasteiger charge is 2.12. The lowest BCUT2D eigenvalue weighted by molar-refractivity contribution is -0.137. The molecule has 1 aromatic heterocycles. The van der Waals surface area contributed by atoms with E-state index in [9.17, 15) is 9.59 Å². The molecule has 0 bridgehead atoms. The first-order valence-corrected chi connectivity index (χ1v) is 6.01. The van der Waals surface area contributed by atoms with Crippen LogP contribution in [0.4, 0.5) is 5.69 Å². The lowest BCUT2D eigenvalue weighted by atomic mass is 10.1. The van der Waals surface area contributed by atoms with Gasteiger partial charge in [-0.3, -0.25) is 9.78 Å². The molecule has 0 aliphatic carbocycles. The van der Waals surface area contributed by atoms with E-state index in [4.69, 9.17) is 9.52 Å². The van der Waals surface area contributed by atoms with E-state index >= 15 is 0 Å². The Morgan fingerprint density at radius 1 is 1.53 bits per heavy atom. The molecule has 2 aromatic rings. The smallest absolute Gasteiger partial charge is 0.417 e. The van der Waals surface area contributed by atoms with Crippen LogP contribution in [0.3, 0.4) is 0 Å². The Morgan fingerprint density at radius 2 is 2.26 bits per heavy atom. The maximum Gasteiger partial charge on any atom is 0.417 e. The summed E-state index contributed by atoms with van der Waals surface area (Å²) in [6.45, 7) is 2.51. The summed E-state index contributed by atoms with van der Waals surface area (Å²) >= 11 is 0. The van der Waals surface area contributed by atoms with Gasteiger partial charge >= 0.3 is 11.7 Å². The van der Waals surface area contributed by atoms with E-state index in [0.29, 0.717) is 17.6 Å². The molecule has 0 fully saturated rings. The van der Waals surface area contributed by atoms with Crippen LogP contribution in [0.1, 0.15) is 13.3 Å². The number of hydrogen-bond acceptors (Lipinski definition) is 4. The molecular weight excluding hydrogens is 248 g/mol. The first kappa shape index (κ1) is 13.2. The average molecular weight is 264 g/mol. The van der Waals surface area contributed by atoms with Crippen molar-refractivity contribution in [3.63, 3.8) is 0 Å². The van der Waals surface area contributed by atoms with Crippen molar-refractivity contribution in [1.29, 1.82) is 0 Å². The van der Waals surface area contributed by atoms with Crippen molar-refractivity contribution in [1.82, 2.24) is 4.98 Å². The van der Waals surface area contributed by atoms with Crippen LogP contribution in [0.2, 0.25) is 0 Å². The Kier molecular flexibility index (Phi) is 3.59. The van der Waals surface area contributed by atoms with Gasteiger partial charge in [0.1, 0.15) is 0 Å². The maximum atomic E-state index is 11.1. The van der Waals surface area contributed by atoms with Crippen LogP contribution in [-0.2, 0) is 4.79 Å². The molecule has 2 rings (SSSR count). The van der Waals surface area contributed by atoms with Gasteiger partial charge in [-0.2, -0.15) is 0 Å². The number of fused-ring (bicyclic) bond motifs is 1. The summed E-state index contributed by atoms with van der Waals surface area (Å²) in [5.41, 5.74) is 2.04. The first-order chi connectivity index (χ1) is 8.95. The summed E-state index contributed by atoms with van der Waals surface area (Å²) in [6.07, 6.45) is 0.131. The topological polar surface area (TPSA) is 86.5 Å². The Bertz CT molecular complexity index is 643. The summed E-state index contributed by atoms with van der Waals surface area (Å²) in [6, 6.07) is 5.40. The van der Waals surface area contributed by atoms with Crippen LogP contribution in [0.25, 0.3) is 11.1 Å². The highest BCUT2D eigenvalue weighted by molar-refractivity contribution is 5.77. The minimum absolute atomic E-state index is 0.0384. The summed E-state index contributed by atoms with van der Waals surface area (Å²) in [5.74, 6) is -1.24. The fraction of sp³-hybridized carbons (Fsp3) is 0.385. The molecule has 6 nitrogen and oxygen atoms in total. The SMILES string of the molecule is CC(CC(=O)O)CN(C)c1ccc2[nH]c(=O)oc2c1. The zero-order valence-corrected chi connectivity index (χ0v) is 10.8. The van der Waals surface area contributed by atoms with Crippen LogP contribution >= 0.6 is 0 Å². The molecule has 0 saturated carbocycles.